The standard InChI is InChI=1S/C16H19N6/c1-12-16(21(2)15-5-3-4-10-22(12)15)13-6-8-14(9-7-13)20-19-11-18-17/h3-11,20H,17H2,1-2H3,(H,18,19)/q+1/p+1. The summed E-state index contributed by atoms with van der Waals surface area (Å²) in [4.78, 5) is 0. The Labute approximate surface area is 128 Å². The molecule has 112 valence electrons. The highest BCUT2D eigenvalue weighted by molar-refractivity contribution is 5.65. The predicted molar refractivity (Wildman–Crippen MR) is 86.7 cm³/mol. The van der Waals surface area contributed by atoms with E-state index < -0.39 is 0 Å². The summed E-state index contributed by atoms with van der Waals surface area (Å²) in [6.45, 7) is 2.14. The van der Waals surface area contributed by atoms with Crippen LogP contribution in [0.2, 0.25) is 0 Å². The number of hydrazone groups is 1. The van der Waals surface area contributed by atoms with E-state index in [1.165, 1.54) is 28.9 Å². The summed E-state index contributed by atoms with van der Waals surface area (Å²) in [6, 6.07) is 14.5. The quantitative estimate of drug-likeness (QED) is 0.175. The maximum Gasteiger partial charge on any atom is 0.286 e. The molecule has 0 saturated carbocycles. The number of aryl methyl sites for hydroxylation is 2. The van der Waals surface area contributed by atoms with E-state index in [2.05, 4.69) is 69.4 Å². The van der Waals surface area contributed by atoms with E-state index in [4.69, 9.17) is 5.84 Å². The second-order valence-electron chi connectivity index (χ2n) is 5.08. The molecule has 0 aliphatic heterocycles. The summed E-state index contributed by atoms with van der Waals surface area (Å²) >= 11 is 0. The first kappa shape index (κ1) is 13.9. The first-order valence-corrected chi connectivity index (χ1v) is 7.08. The second kappa shape index (κ2) is 5.77. The molecule has 0 fully saturated rings. The van der Waals surface area contributed by atoms with Crippen molar-refractivity contribution in [2.24, 2.45) is 12.9 Å². The third-order valence-corrected chi connectivity index (χ3v) is 3.75. The number of hydrazine groups is 2. The molecule has 0 bridgehead atoms. The van der Waals surface area contributed by atoms with Gasteiger partial charge in [0.15, 0.2) is 11.4 Å². The monoisotopic (exact) mass is 296 g/mol. The van der Waals surface area contributed by atoms with Crippen LogP contribution < -0.4 is 26.4 Å². The number of benzene rings is 1. The lowest BCUT2D eigenvalue weighted by Gasteiger charge is -2.02. The molecule has 2 heterocycles. The molecule has 1 aromatic carbocycles. The maximum atomic E-state index is 5.15. The fraction of sp³-hybridized carbons (Fsp3) is 0.125. The van der Waals surface area contributed by atoms with Gasteiger partial charge in [-0.2, -0.15) is 14.9 Å². The van der Waals surface area contributed by atoms with Gasteiger partial charge in [0.25, 0.3) is 12.0 Å². The number of fused-ring (bicyclic) bond motifs is 1. The Kier molecular flexibility index (Phi) is 3.65. The van der Waals surface area contributed by atoms with E-state index in [-0.39, 0.29) is 0 Å². The number of aromatic nitrogens is 2. The molecule has 0 unspecified atom stereocenters. The fourth-order valence-corrected chi connectivity index (χ4v) is 2.74. The van der Waals surface area contributed by atoms with Gasteiger partial charge in [-0.1, -0.05) is 6.07 Å². The molecular formula is C16H20N6+2. The zero-order chi connectivity index (χ0) is 15.5. The molecule has 6 nitrogen and oxygen atoms in total. The van der Waals surface area contributed by atoms with Crippen molar-refractivity contribution >= 4 is 17.7 Å². The van der Waals surface area contributed by atoms with Gasteiger partial charge in [0.05, 0.1) is 18.9 Å². The number of hydrogen-bond acceptors (Lipinski definition) is 2. The highest BCUT2D eigenvalue weighted by Gasteiger charge is 2.20. The van der Waals surface area contributed by atoms with Gasteiger partial charge in [0.1, 0.15) is 0 Å². The minimum absolute atomic E-state index is 0.958. The van der Waals surface area contributed by atoms with Crippen molar-refractivity contribution in [1.82, 2.24) is 9.83 Å². The molecule has 5 N–H and O–H groups in total. The van der Waals surface area contributed by atoms with E-state index in [1.54, 1.807) is 0 Å². The summed E-state index contributed by atoms with van der Waals surface area (Å²) in [5.41, 5.74) is 11.6. The SMILES string of the molecule is Cc1c(-c2ccc(NNC=[NH+]N)cc2)[n+](C)c2ccccn12. The van der Waals surface area contributed by atoms with Crippen LogP contribution in [-0.4, -0.2) is 10.7 Å². The Morgan fingerprint density at radius 1 is 1.18 bits per heavy atom. The smallest absolute Gasteiger partial charge is 0.276 e. The number of hydrogen-bond donors (Lipinski definition) is 4. The molecule has 3 aromatic rings. The van der Waals surface area contributed by atoms with Crippen molar-refractivity contribution in [3.05, 3.63) is 54.4 Å². The molecular weight excluding hydrogens is 276 g/mol. The summed E-state index contributed by atoms with van der Waals surface area (Å²) in [5.74, 6) is 5.15. The summed E-state index contributed by atoms with van der Waals surface area (Å²) in [7, 11) is 2.09. The molecule has 0 aliphatic carbocycles. The number of pyridine rings is 1. The van der Waals surface area contributed by atoms with Crippen molar-refractivity contribution in [1.29, 1.82) is 0 Å². The van der Waals surface area contributed by atoms with Gasteiger partial charge in [-0.3, -0.25) is 5.84 Å². The van der Waals surface area contributed by atoms with E-state index >= 15 is 0 Å². The van der Waals surface area contributed by atoms with Crippen molar-refractivity contribution in [2.45, 2.75) is 6.92 Å². The normalized spacial score (nSPS) is 11.2. The van der Waals surface area contributed by atoms with Crippen LogP contribution in [-0.2, 0) is 7.05 Å². The second-order valence-corrected chi connectivity index (χ2v) is 5.08. The third-order valence-electron chi connectivity index (χ3n) is 3.75. The van der Waals surface area contributed by atoms with E-state index in [1.807, 2.05) is 18.2 Å². The van der Waals surface area contributed by atoms with E-state index in [0.29, 0.717) is 0 Å². The van der Waals surface area contributed by atoms with E-state index in [0.717, 1.165) is 5.69 Å². The number of nitrogens with two attached hydrogens (primary N) is 1. The molecule has 0 saturated heterocycles. The van der Waals surface area contributed by atoms with Crippen LogP contribution in [0.4, 0.5) is 5.69 Å². The Morgan fingerprint density at radius 3 is 2.64 bits per heavy atom. The van der Waals surface area contributed by atoms with Crippen molar-refractivity contribution in [3.63, 3.8) is 0 Å². The van der Waals surface area contributed by atoms with Crippen LogP contribution in [0.25, 0.3) is 16.9 Å². The highest BCUT2D eigenvalue weighted by atomic mass is 15.4. The summed E-state index contributed by atoms with van der Waals surface area (Å²) in [5, 5.41) is 2.40. The van der Waals surface area contributed by atoms with Crippen LogP contribution in [0.3, 0.4) is 0 Å². The minimum atomic E-state index is 0.958. The molecule has 0 atom stereocenters. The lowest BCUT2D eigenvalue weighted by atomic mass is 10.1. The molecule has 0 radical (unpaired) electrons. The minimum Gasteiger partial charge on any atom is -0.276 e. The Balaban J connectivity index is 1.97. The zero-order valence-electron chi connectivity index (χ0n) is 12.7. The number of nitrogens with one attached hydrogen (secondary N) is 3. The number of imidazole rings is 1. The van der Waals surface area contributed by atoms with Gasteiger partial charge >= 0.3 is 0 Å². The average molecular weight is 296 g/mol. The molecule has 22 heavy (non-hydrogen) atoms. The fourth-order valence-electron chi connectivity index (χ4n) is 2.74. The Bertz CT molecular complexity index is 778. The summed E-state index contributed by atoms with van der Waals surface area (Å²) < 4.78 is 4.41. The predicted octanol–water partition coefficient (Wildman–Crippen LogP) is -0.362. The third kappa shape index (κ3) is 2.35. The van der Waals surface area contributed by atoms with Gasteiger partial charge < -0.3 is 0 Å². The number of anilines is 1. The largest absolute Gasteiger partial charge is 0.286 e. The molecule has 0 amide bonds. The van der Waals surface area contributed by atoms with Crippen molar-refractivity contribution in [3.8, 4) is 11.3 Å². The number of nitrogens with zero attached hydrogens (tertiary/aromatic N) is 2. The Morgan fingerprint density at radius 2 is 1.95 bits per heavy atom. The maximum absolute atomic E-state index is 5.15. The molecule has 0 spiro atoms. The molecule has 2 aromatic heterocycles. The van der Waals surface area contributed by atoms with Crippen LogP contribution in [0.15, 0.2) is 48.7 Å². The van der Waals surface area contributed by atoms with Gasteiger partial charge in [0, 0.05) is 18.6 Å². The first-order valence-electron chi connectivity index (χ1n) is 7.08. The first-order chi connectivity index (χ1) is 10.7. The summed E-state index contributed by atoms with van der Waals surface area (Å²) in [6.07, 6.45) is 3.60. The van der Waals surface area contributed by atoms with E-state index in [9.17, 15) is 0 Å². The van der Waals surface area contributed by atoms with Gasteiger partial charge in [-0.05, 0) is 30.3 Å². The van der Waals surface area contributed by atoms with Crippen LogP contribution in [0.5, 0.6) is 0 Å². The topological polar surface area (TPSA) is 72.3 Å². The molecule has 3 rings (SSSR count). The van der Waals surface area contributed by atoms with Crippen LogP contribution in [0, 0.1) is 6.92 Å². The van der Waals surface area contributed by atoms with Crippen LogP contribution in [0.1, 0.15) is 5.69 Å². The lowest BCUT2D eigenvalue weighted by molar-refractivity contribution is -0.633. The Hall–Kier alpha value is -3.02. The zero-order valence-corrected chi connectivity index (χ0v) is 12.7. The molecule has 6 heteroatoms. The lowest BCUT2D eigenvalue weighted by Crippen LogP contribution is -2.78. The van der Waals surface area contributed by atoms with Crippen molar-refractivity contribution in [2.75, 3.05) is 5.43 Å². The highest BCUT2D eigenvalue weighted by Crippen LogP contribution is 2.23. The molecule has 0 aliphatic rings. The average Bonchev–Trinajstić information content (AvgIpc) is 2.81. The van der Waals surface area contributed by atoms with Gasteiger partial charge in [-0.25, -0.2) is 9.99 Å². The number of rotatable bonds is 4. The van der Waals surface area contributed by atoms with Gasteiger partial charge in [-0.15, -0.1) is 0 Å². The van der Waals surface area contributed by atoms with Crippen LogP contribution >= 0.6 is 0 Å². The van der Waals surface area contributed by atoms with Crippen molar-refractivity contribution < 1.29 is 9.67 Å². The van der Waals surface area contributed by atoms with Gasteiger partial charge in [0.2, 0.25) is 0 Å².